The maximum absolute atomic E-state index is 12.8. The molecule has 1 aliphatic heterocycles. The average Bonchev–Trinajstić information content (AvgIpc) is 2.60. The summed E-state index contributed by atoms with van der Waals surface area (Å²) in [7, 11) is 1.35. The zero-order valence-corrected chi connectivity index (χ0v) is 14.5. The van der Waals surface area contributed by atoms with Crippen LogP contribution in [0.3, 0.4) is 0 Å². The number of carboxylic acid groups (broad SMARTS) is 1. The van der Waals surface area contributed by atoms with E-state index in [4.69, 9.17) is 19.3 Å². The van der Waals surface area contributed by atoms with E-state index in [0.717, 1.165) is 6.07 Å². The van der Waals surface area contributed by atoms with E-state index in [1.165, 1.54) is 18.1 Å². The molecule has 1 fully saturated rings. The van der Waals surface area contributed by atoms with Gasteiger partial charge in [-0.15, -0.1) is 0 Å². The number of nitro groups is 1. The van der Waals surface area contributed by atoms with E-state index in [-0.39, 0.29) is 43.2 Å². The van der Waals surface area contributed by atoms with Gasteiger partial charge in [-0.05, 0) is 6.92 Å². The summed E-state index contributed by atoms with van der Waals surface area (Å²) in [5.74, 6) is -1.25. The van der Waals surface area contributed by atoms with E-state index < -0.39 is 28.6 Å². The molecule has 142 valence electrons. The molecule has 1 amide bonds. The van der Waals surface area contributed by atoms with Crippen LogP contribution in [0.5, 0.6) is 11.5 Å². The molecule has 0 bridgehead atoms. The molecule has 1 aromatic rings. The summed E-state index contributed by atoms with van der Waals surface area (Å²) in [4.78, 5) is 35.8. The van der Waals surface area contributed by atoms with E-state index in [9.17, 15) is 19.7 Å². The predicted molar refractivity (Wildman–Crippen MR) is 88.7 cm³/mol. The van der Waals surface area contributed by atoms with Crippen LogP contribution in [-0.2, 0) is 9.53 Å². The number of carbonyl (C=O) groups is 2. The minimum atomic E-state index is -1.04. The molecule has 1 N–H and O–H groups in total. The lowest BCUT2D eigenvalue weighted by Gasteiger charge is -2.32. The summed E-state index contributed by atoms with van der Waals surface area (Å²) in [6.45, 7) is 2.44. The number of hydrogen-bond acceptors (Lipinski definition) is 7. The number of nitro benzene ring substituents is 1. The van der Waals surface area contributed by atoms with E-state index >= 15 is 0 Å². The fourth-order valence-electron chi connectivity index (χ4n) is 2.69. The van der Waals surface area contributed by atoms with Crippen molar-refractivity contribution in [3.05, 3.63) is 27.8 Å². The van der Waals surface area contributed by atoms with Crippen molar-refractivity contribution >= 4 is 17.6 Å². The van der Waals surface area contributed by atoms with Crippen LogP contribution < -0.4 is 9.47 Å². The molecule has 0 aliphatic carbocycles. The highest BCUT2D eigenvalue weighted by Crippen LogP contribution is 2.35. The molecule has 1 heterocycles. The van der Waals surface area contributed by atoms with Crippen molar-refractivity contribution in [1.29, 1.82) is 0 Å². The third-order valence-corrected chi connectivity index (χ3v) is 3.84. The monoisotopic (exact) mass is 368 g/mol. The molecule has 26 heavy (non-hydrogen) atoms. The Morgan fingerprint density at radius 1 is 1.42 bits per heavy atom. The Morgan fingerprint density at radius 2 is 2.15 bits per heavy atom. The molecule has 0 aromatic heterocycles. The molecule has 1 atom stereocenters. The quantitative estimate of drug-likeness (QED) is 0.563. The number of methoxy groups -OCH3 is 1. The molecule has 0 saturated carbocycles. The highest BCUT2D eigenvalue weighted by Gasteiger charge is 2.32. The normalized spacial score (nSPS) is 16.8. The Labute approximate surface area is 149 Å². The highest BCUT2D eigenvalue weighted by molar-refractivity contribution is 5.99. The number of morpholine rings is 1. The van der Waals surface area contributed by atoms with Gasteiger partial charge >= 0.3 is 5.97 Å². The number of rotatable bonds is 7. The van der Waals surface area contributed by atoms with Gasteiger partial charge in [0.05, 0.1) is 43.8 Å². The van der Waals surface area contributed by atoms with E-state index in [0.29, 0.717) is 6.61 Å². The fourth-order valence-corrected chi connectivity index (χ4v) is 2.69. The lowest BCUT2D eigenvalue weighted by molar-refractivity contribution is -0.385. The minimum absolute atomic E-state index is 0.0400. The molecule has 1 aromatic carbocycles. The molecule has 1 aliphatic rings. The number of carboxylic acids is 1. The van der Waals surface area contributed by atoms with Gasteiger partial charge in [-0.1, -0.05) is 0 Å². The zero-order valence-electron chi connectivity index (χ0n) is 14.5. The fraction of sp³-hybridized carbons (Fsp3) is 0.500. The average molecular weight is 368 g/mol. The number of amides is 1. The standard InChI is InChI=1S/C16H20N2O8/c1-3-25-14-7-11(12(18(22)23)8-13(14)24-2)16(21)17-4-5-26-10(9-17)6-15(19)20/h7-8,10H,3-6,9H2,1-2H3,(H,19,20). The largest absolute Gasteiger partial charge is 0.493 e. The van der Waals surface area contributed by atoms with Crippen molar-refractivity contribution in [2.24, 2.45) is 0 Å². The Bertz CT molecular complexity index is 706. The topological polar surface area (TPSA) is 128 Å². The predicted octanol–water partition coefficient (Wildman–Crippen LogP) is 1.32. The number of carbonyl (C=O) groups excluding carboxylic acids is 1. The van der Waals surface area contributed by atoms with Crippen LogP contribution in [-0.4, -0.2) is 66.3 Å². The minimum Gasteiger partial charge on any atom is -0.493 e. The Kier molecular flexibility index (Phi) is 6.34. The SMILES string of the molecule is CCOc1cc(C(=O)N2CCOC(CC(=O)O)C2)c([N+](=O)[O-])cc1OC. The van der Waals surface area contributed by atoms with Crippen molar-refractivity contribution in [1.82, 2.24) is 4.90 Å². The molecular formula is C16H20N2O8. The summed E-state index contributed by atoms with van der Waals surface area (Å²) in [6, 6.07) is 2.43. The number of ether oxygens (including phenoxy) is 3. The molecule has 10 nitrogen and oxygen atoms in total. The smallest absolute Gasteiger partial charge is 0.306 e. The zero-order chi connectivity index (χ0) is 19.3. The Balaban J connectivity index is 2.35. The molecule has 2 rings (SSSR count). The van der Waals surface area contributed by atoms with Crippen molar-refractivity contribution in [3.8, 4) is 11.5 Å². The van der Waals surface area contributed by atoms with Crippen LogP contribution in [0, 0.1) is 10.1 Å². The number of hydrogen-bond donors (Lipinski definition) is 1. The van der Waals surface area contributed by atoms with Crippen molar-refractivity contribution < 1.29 is 33.8 Å². The van der Waals surface area contributed by atoms with Crippen LogP contribution in [0.25, 0.3) is 0 Å². The lowest BCUT2D eigenvalue weighted by atomic mass is 10.1. The summed E-state index contributed by atoms with van der Waals surface area (Å²) >= 11 is 0. The highest BCUT2D eigenvalue weighted by atomic mass is 16.6. The molecule has 10 heteroatoms. The number of benzene rings is 1. The first-order valence-electron chi connectivity index (χ1n) is 7.99. The first kappa shape index (κ1) is 19.4. The van der Waals surface area contributed by atoms with Crippen LogP contribution in [0.15, 0.2) is 12.1 Å². The van der Waals surface area contributed by atoms with Gasteiger partial charge in [0.15, 0.2) is 11.5 Å². The summed E-state index contributed by atoms with van der Waals surface area (Å²) in [6.07, 6.45) is -0.910. The van der Waals surface area contributed by atoms with Gasteiger partial charge in [-0.2, -0.15) is 0 Å². The first-order chi connectivity index (χ1) is 12.4. The molecule has 0 radical (unpaired) electrons. The van der Waals surface area contributed by atoms with Gasteiger partial charge < -0.3 is 24.2 Å². The van der Waals surface area contributed by atoms with E-state index in [1.807, 2.05) is 0 Å². The first-order valence-corrected chi connectivity index (χ1v) is 7.99. The Hall–Kier alpha value is -2.88. The molecular weight excluding hydrogens is 348 g/mol. The molecule has 0 spiro atoms. The van der Waals surface area contributed by atoms with Crippen LogP contribution in [0.2, 0.25) is 0 Å². The maximum atomic E-state index is 12.8. The number of nitrogens with zero attached hydrogens (tertiary/aromatic N) is 2. The summed E-state index contributed by atoms with van der Waals surface area (Å²) in [5, 5.41) is 20.3. The summed E-state index contributed by atoms with van der Waals surface area (Å²) in [5.41, 5.74) is -0.549. The van der Waals surface area contributed by atoms with Crippen LogP contribution in [0.4, 0.5) is 5.69 Å². The Morgan fingerprint density at radius 3 is 2.73 bits per heavy atom. The van der Waals surface area contributed by atoms with Gasteiger partial charge in [0.2, 0.25) is 0 Å². The molecule has 1 unspecified atom stereocenters. The van der Waals surface area contributed by atoms with Crippen molar-refractivity contribution in [2.45, 2.75) is 19.4 Å². The third kappa shape index (κ3) is 4.39. The second-order valence-electron chi connectivity index (χ2n) is 5.55. The second kappa shape index (κ2) is 8.48. The maximum Gasteiger partial charge on any atom is 0.306 e. The summed E-state index contributed by atoms with van der Waals surface area (Å²) < 4.78 is 15.8. The van der Waals surface area contributed by atoms with Crippen molar-refractivity contribution in [3.63, 3.8) is 0 Å². The van der Waals surface area contributed by atoms with Gasteiger partial charge in [-0.3, -0.25) is 19.7 Å². The van der Waals surface area contributed by atoms with Gasteiger partial charge in [0.1, 0.15) is 5.56 Å². The third-order valence-electron chi connectivity index (χ3n) is 3.84. The van der Waals surface area contributed by atoms with Crippen LogP contribution in [0.1, 0.15) is 23.7 Å². The van der Waals surface area contributed by atoms with Gasteiger partial charge in [-0.25, -0.2) is 0 Å². The molecule has 1 saturated heterocycles. The van der Waals surface area contributed by atoms with Gasteiger partial charge in [0, 0.05) is 19.2 Å². The lowest BCUT2D eigenvalue weighted by Crippen LogP contribution is -2.46. The van der Waals surface area contributed by atoms with E-state index in [1.54, 1.807) is 6.92 Å². The second-order valence-corrected chi connectivity index (χ2v) is 5.55. The van der Waals surface area contributed by atoms with E-state index in [2.05, 4.69) is 0 Å². The number of aliphatic carboxylic acids is 1. The van der Waals surface area contributed by atoms with Gasteiger partial charge in [0.25, 0.3) is 11.6 Å². The van der Waals surface area contributed by atoms with Crippen LogP contribution >= 0.6 is 0 Å². The van der Waals surface area contributed by atoms with Crippen molar-refractivity contribution in [2.75, 3.05) is 33.4 Å².